The molecule has 154 valence electrons. The number of aliphatic imine (C=N–C) groups is 1. The van der Waals surface area contributed by atoms with E-state index in [1.165, 1.54) is 10.8 Å². The lowest BCUT2D eigenvalue weighted by Crippen LogP contribution is -2.25. The first-order chi connectivity index (χ1) is 15.2. The van der Waals surface area contributed by atoms with E-state index in [1.807, 2.05) is 30.6 Å². The second kappa shape index (κ2) is 8.28. The SMILES string of the molecule is CN(C)CCCN1c2ncccc2N=C(c2cccnc2)c2ccc3ccccc3c21. The van der Waals surface area contributed by atoms with Gasteiger partial charge in [0.15, 0.2) is 5.82 Å². The van der Waals surface area contributed by atoms with Crippen LogP contribution in [0.3, 0.4) is 0 Å². The third-order valence-electron chi connectivity index (χ3n) is 5.60. The first-order valence-electron chi connectivity index (χ1n) is 10.6. The fourth-order valence-corrected chi connectivity index (χ4v) is 4.19. The second-order valence-corrected chi connectivity index (χ2v) is 8.04. The van der Waals surface area contributed by atoms with Crippen LogP contribution in [0.4, 0.5) is 17.2 Å². The highest BCUT2D eigenvalue weighted by molar-refractivity contribution is 6.21. The standard InChI is InChI=1S/C26H25N5/c1-30(2)16-7-17-31-25-21-10-4-3-8-19(21)12-13-22(25)24(20-9-5-14-27-18-20)29-23-11-6-15-28-26(23)31/h3-6,8-15,18H,7,16-17H2,1-2H3. The van der Waals surface area contributed by atoms with Crippen LogP contribution in [0.2, 0.25) is 0 Å². The van der Waals surface area contributed by atoms with Crippen molar-refractivity contribution in [1.29, 1.82) is 0 Å². The minimum Gasteiger partial charge on any atom is -0.323 e. The summed E-state index contributed by atoms with van der Waals surface area (Å²) in [6.45, 7) is 1.87. The second-order valence-electron chi connectivity index (χ2n) is 8.04. The molecule has 3 heterocycles. The summed E-state index contributed by atoms with van der Waals surface area (Å²) in [4.78, 5) is 18.8. The van der Waals surface area contributed by atoms with Crippen LogP contribution in [0.1, 0.15) is 17.5 Å². The van der Waals surface area contributed by atoms with E-state index in [1.54, 1.807) is 6.20 Å². The number of rotatable bonds is 5. The zero-order valence-corrected chi connectivity index (χ0v) is 17.9. The van der Waals surface area contributed by atoms with Crippen LogP contribution in [0.15, 0.2) is 84.2 Å². The molecule has 0 fully saturated rings. The summed E-state index contributed by atoms with van der Waals surface area (Å²) in [6, 6.07) is 21.0. The summed E-state index contributed by atoms with van der Waals surface area (Å²) in [5.41, 5.74) is 5.08. The molecule has 0 N–H and O–H groups in total. The Morgan fingerprint density at radius 2 is 1.77 bits per heavy atom. The van der Waals surface area contributed by atoms with Crippen molar-refractivity contribution in [3.8, 4) is 0 Å². The summed E-state index contributed by atoms with van der Waals surface area (Å²) in [6.07, 6.45) is 6.56. The van der Waals surface area contributed by atoms with Crippen LogP contribution in [0, 0.1) is 0 Å². The third-order valence-corrected chi connectivity index (χ3v) is 5.60. The van der Waals surface area contributed by atoms with Crippen LogP contribution >= 0.6 is 0 Å². The van der Waals surface area contributed by atoms with Crippen LogP contribution < -0.4 is 4.90 Å². The summed E-state index contributed by atoms with van der Waals surface area (Å²) >= 11 is 0. The van der Waals surface area contributed by atoms with E-state index in [0.717, 1.165) is 53.5 Å². The topological polar surface area (TPSA) is 44.6 Å². The minimum atomic E-state index is 0.860. The Balaban J connectivity index is 1.78. The lowest BCUT2D eigenvalue weighted by Gasteiger charge is -2.27. The van der Waals surface area contributed by atoms with E-state index in [9.17, 15) is 0 Å². The predicted octanol–water partition coefficient (Wildman–Crippen LogP) is 5.20. The van der Waals surface area contributed by atoms with Crippen molar-refractivity contribution < 1.29 is 0 Å². The predicted molar refractivity (Wildman–Crippen MR) is 128 cm³/mol. The van der Waals surface area contributed by atoms with Crippen molar-refractivity contribution in [2.45, 2.75) is 6.42 Å². The van der Waals surface area contributed by atoms with E-state index in [0.29, 0.717) is 0 Å². The molecule has 0 spiro atoms. The number of hydrogen-bond donors (Lipinski definition) is 0. The number of nitrogens with zero attached hydrogens (tertiary/aromatic N) is 5. The van der Waals surface area contributed by atoms with Crippen molar-refractivity contribution in [3.63, 3.8) is 0 Å². The van der Waals surface area contributed by atoms with Gasteiger partial charge < -0.3 is 9.80 Å². The summed E-state index contributed by atoms with van der Waals surface area (Å²) in [5.74, 6) is 0.901. The van der Waals surface area contributed by atoms with Crippen LogP contribution in [0.5, 0.6) is 0 Å². The number of aromatic nitrogens is 2. The van der Waals surface area contributed by atoms with Gasteiger partial charge in [0.1, 0.15) is 5.69 Å². The lowest BCUT2D eigenvalue weighted by molar-refractivity contribution is 0.402. The fourth-order valence-electron chi connectivity index (χ4n) is 4.19. The molecule has 0 bridgehead atoms. The average molecular weight is 408 g/mol. The van der Waals surface area contributed by atoms with Gasteiger partial charge in [0.2, 0.25) is 0 Å². The highest BCUT2D eigenvalue weighted by atomic mass is 15.2. The Kier molecular flexibility index (Phi) is 5.18. The van der Waals surface area contributed by atoms with Gasteiger partial charge in [-0.1, -0.05) is 36.4 Å². The van der Waals surface area contributed by atoms with Gasteiger partial charge in [0, 0.05) is 41.6 Å². The molecule has 4 aromatic rings. The van der Waals surface area contributed by atoms with E-state index < -0.39 is 0 Å². The maximum absolute atomic E-state index is 5.11. The monoisotopic (exact) mass is 407 g/mol. The van der Waals surface area contributed by atoms with Gasteiger partial charge in [-0.25, -0.2) is 9.98 Å². The number of anilines is 2. The molecule has 0 amide bonds. The average Bonchev–Trinajstić information content (AvgIpc) is 2.94. The quantitative estimate of drug-likeness (QED) is 0.456. The molecule has 2 aromatic carbocycles. The van der Waals surface area contributed by atoms with Gasteiger partial charge in [0.25, 0.3) is 0 Å². The van der Waals surface area contributed by atoms with Crippen LogP contribution in [-0.4, -0.2) is 47.8 Å². The van der Waals surface area contributed by atoms with Crippen LogP contribution in [0.25, 0.3) is 10.8 Å². The van der Waals surface area contributed by atoms with Crippen molar-refractivity contribution in [3.05, 3.63) is 90.4 Å². The minimum absolute atomic E-state index is 0.860. The van der Waals surface area contributed by atoms with E-state index >= 15 is 0 Å². The highest BCUT2D eigenvalue weighted by Gasteiger charge is 2.26. The number of pyridine rings is 2. The molecule has 0 unspecified atom stereocenters. The Hall–Kier alpha value is -3.57. The zero-order chi connectivity index (χ0) is 21.2. The molecule has 5 rings (SSSR count). The van der Waals surface area contributed by atoms with E-state index in [2.05, 4.69) is 71.3 Å². The Bertz CT molecular complexity index is 1250. The molecule has 31 heavy (non-hydrogen) atoms. The van der Waals surface area contributed by atoms with Crippen molar-refractivity contribution in [1.82, 2.24) is 14.9 Å². The largest absolute Gasteiger partial charge is 0.323 e. The Labute approximate surface area is 182 Å². The molecule has 5 heteroatoms. The van der Waals surface area contributed by atoms with Crippen molar-refractivity contribution in [2.24, 2.45) is 4.99 Å². The molecule has 1 aliphatic heterocycles. The molecule has 0 saturated carbocycles. The summed E-state index contributed by atoms with van der Waals surface area (Å²) in [5, 5.41) is 2.42. The third kappa shape index (κ3) is 3.68. The Morgan fingerprint density at radius 3 is 2.61 bits per heavy atom. The molecule has 2 aromatic heterocycles. The van der Waals surface area contributed by atoms with Gasteiger partial charge in [0.05, 0.1) is 11.4 Å². The maximum Gasteiger partial charge on any atom is 0.159 e. The van der Waals surface area contributed by atoms with Gasteiger partial charge >= 0.3 is 0 Å². The molecule has 0 atom stereocenters. The molecular weight excluding hydrogens is 382 g/mol. The summed E-state index contributed by atoms with van der Waals surface area (Å²) < 4.78 is 0. The van der Waals surface area contributed by atoms with Gasteiger partial charge in [-0.05, 0) is 56.7 Å². The maximum atomic E-state index is 5.11. The highest BCUT2D eigenvalue weighted by Crippen LogP contribution is 2.42. The molecular formula is C26H25N5. The van der Waals surface area contributed by atoms with E-state index in [4.69, 9.17) is 9.98 Å². The molecule has 0 aliphatic carbocycles. The first kappa shape index (κ1) is 19.4. The molecule has 1 aliphatic rings. The summed E-state index contributed by atoms with van der Waals surface area (Å²) in [7, 11) is 4.23. The van der Waals surface area contributed by atoms with Crippen LogP contribution in [-0.2, 0) is 0 Å². The normalized spacial score (nSPS) is 13.0. The van der Waals surface area contributed by atoms with Crippen molar-refractivity contribution >= 4 is 33.7 Å². The lowest BCUT2D eigenvalue weighted by atomic mass is 9.96. The Morgan fingerprint density at radius 1 is 0.903 bits per heavy atom. The van der Waals surface area contributed by atoms with Gasteiger partial charge in [-0.15, -0.1) is 0 Å². The van der Waals surface area contributed by atoms with Gasteiger partial charge in [-0.2, -0.15) is 0 Å². The molecule has 0 saturated heterocycles. The zero-order valence-electron chi connectivity index (χ0n) is 17.9. The number of fused-ring (bicyclic) bond motifs is 4. The van der Waals surface area contributed by atoms with Gasteiger partial charge in [-0.3, -0.25) is 4.98 Å². The molecule has 5 nitrogen and oxygen atoms in total. The van der Waals surface area contributed by atoms with E-state index in [-0.39, 0.29) is 0 Å². The fraction of sp³-hybridized carbons (Fsp3) is 0.192. The van der Waals surface area contributed by atoms with Crippen molar-refractivity contribution in [2.75, 3.05) is 32.1 Å². The first-order valence-corrected chi connectivity index (χ1v) is 10.6. The number of hydrogen-bond acceptors (Lipinski definition) is 5. The molecule has 0 radical (unpaired) electrons. The number of benzene rings is 2. The smallest absolute Gasteiger partial charge is 0.159 e.